The van der Waals surface area contributed by atoms with Crippen molar-refractivity contribution in [3.8, 4) is 0 Å². The van der Waals surface area contributed by atoms with Crippen LogP contribution in [0.15, 0.2) is 35.7 Å². The Kier molecular flexibility index (Phi) is 7.94. The second-order valence-corrected chi connectivity index (χ2v) is 13.2. The minimum atomic E-state index is -2.83. The predicted octanol–water partition coefficient (Wildman–Crippen LogP) is 3.03. The normalized spacial score (nSPS) is 23.6. The Hall–Kier alpha value is -2.67. The fourth-order valence-electron chi connectivity index (χ4n) is 5.29. The predicted molar refractivity (Wildman–Crippen MR) is 145 cm³/mol. The molecule has 0 bridgehead atoms. The second-order valence-electron chi connectivity index (χ2n) is 9.91. The number of hydrogen-bond donors (Lipinski definition) is 1. The van der Waals surface area contributed by atoms with Crippen LogP contribution in [0.1, 0.15) is 19.8 Å². The number of piperazine rings is 1. The third-order valence-electron chi connectivity index (χ3n) is 7.27. The topological polar surface area (TPSA) is 99.6 Å². The number of fused-ring (bicyclic) bond motifs is 1. The van der Waals surface area contributed by atoms with Crippen molar-refractivity contribution in [2.45, 2.75) is 25.0 Å². The molecule has 0 radical (unpaired) electrons. The minimum Gasteiger partial charge on any atom is -0.396 e. The molecule has 1 aromatic carbocycles. The Labute approximate surface area is 226 Å². The lowest BCUT2D eigenvalue weighted by atomic mass is 10.1. The van der Waals surface area contributed by atoms with Crippen LogP contribution < -0.4 is 4.90 Å². The van der Waals surface area contributed by atoms with Crippen LogP contribution in [0.2, 0.25) is 0 Å². The molecule has 1 N–H and O–H groups in total. The molecular formula is C26H32FN3O6S2. The molecule has 2 atom stereocenters. The van der Waals surface area contributed by atoms with Gasteiger partial charge in [-0.05, 0) is 37.6 Å². The first-order valence-corrected chi connectivity index (χ1v) is 15.4. The average Bonchev–Trinajstić information content (AvgIpc) is 3.38. The van der Waals surface area contributed by atoms with Crippen molar-refractivity contribution in [3.63, 3.8) is 0 Å². The zero-order valence-electron chi connectivity index (χ0n) is 21.2. The molecule has 1 aromatic heterocycles. The maximum absolute atomic E-state index is 13.5. The first kappa shape index (κ1) is 26.9. The van der Waals surface area contributed by atoms with Gasteiger partial charge in [0.05, 0.1) is 5.69 Å². The van der Waals surface area contributed by atoms with Gasteiger partial charge in [-0.25, -0.2) is 14.0 Å². The Morgan fingerprint density at radius 3 is 2.45 bits per heavy atom. The molecule has 2 fully saturated rings. The van der Waals surface area contributed by atoms with E-state index in [0.29, 0.717) is 6.54 Å². The Bertz CT molecular complexity index is 1220. The highest BCUT2D eigenvalue weighted by Crippen LogP contribution is 2.62. The average molecular weight is 566 g/mol. The quantitative estimate of drug-likeness (QED) is 0.488. The number of aliphatic hydroxyl groups is 1. The number of thiophene rings is 1. The van der Waals surface area contributed by atoms with Gasteiger partial charge in [-0.1, -0.05) is 17.5 Å². The highest BCUT2D eigenvalue weighted by molar-refractivity contribution is 8.27. The molecule has 5 rings (SSSR count). The lowest BCUT2D eigenvalue weighted by Crippen LogP contribution is -2.46. The molecular weight excluding hydrogens is 533 g/mol. The van der Waals surface area contributed by atoms with Crippen LogP contribution in [0.3, 0.4) is 0 Å². The van der Waals surface area contributed by atoms with Gasteiger partial charge in [-0.2, -0.15) is 0 Å². The summed E-state index contributed by atoms with van der Waals surface area (Å²) >= 11 is 1.57. The lowest BCUT2D eigenvalue weighted by molar-refractivity contribution is -0.129. The monoisotopic (exact) mass is 565 g/mol. The van der Waals surface area contributed by atoms with Crippen molar-refractivity contribution in [2.24, 2.45) is 5.92 Å². The van der Waals surface area contributed by atoms with Gasteiger partial charge in [-0.15, -0.1) is 11.3 Å². The number of nitrogens with zero attached hydrogens (tertiary/aromatic N) is 3. The van der Waals surface area contributed by atoms with Crippen LogP contribution in [0.4, 0.5) is 10.1 Å². The first-order chi connectivity index (χ1) is 18.3. The van der Waals surface area contributed by atoms with E-state index >= 15 is 0 Å². The van der Waals surface area contributed by atoms with Crippen molar-refractivity contribution in [2.75, 3.05) is 56.7 Å². The maximum atomic E-state index is 13.5. The molecule has 0 aliphatic carbocycles. The van der Waals surface area contributed by atoms with Gasteiger partial charge in [0.1, 0.15) is 11.7 Å². The summed E-state index contributed by atoms with van der Waals surface area (Å²) in [4.78, 5) is 43.9. The van der Waals surface area contributed by atoms with Crippen molar-refractivity contribution in [1.29, 1.82) is 0 Å². The Morgan fingerprint density at radius 2 is 1.76 bits per heavy atom. The van der Waals surface area contributed by atoms with E-state index in [9.17, 15) is 23.9 Å². The molecule has 2 unspecified atom stereocenters. The summed E-state index contributed by atoms with van der Waals surface area (Å²) in [6.45, 7) is 6.39. The molecule has 12 heteroatoms. The van der Waals surface area contributed by atoms with E-state index in [4.69, 9.17) is 8.37 Å². The number of amides is 1. The number of aliphatic hydroxyl groups excluding tert-OH is 1. The van der Waals surface area contributed by atoms with Crippen LogP contribution in [-0.4, -0.2) is 89.8 Å². The molecule has 1 spiro atoms. The Balaban J connectivity index is 1.12. The maximum Gasteiger partial charge on any atom is 0.353 e. The molecule has 0 saturated carbocycles. The van der Waals surface area contributed by atoms with E-state index < -0.39 is 33.7 Å². The number of hydrogen-bond acceptors (Lipinski definition) is 9. The molecule has 2 saturated heterocycles. The van der Waals surface area contributed by atoms with Gasteiger partial charge < -0.3 is 23.3 Å². The number of carbonyl (C=O) groups excluding carboxylic acids is 3. The highest BCUT2D eigenvalue weighted by atomic mass is 32.3. The molecule has 2 aromatic rings. The van der Waals surface area contributed by atoms with E-state index in [1.807, 2.05) is 6.07 Å². The zero-order chi connectivity index (χ0) is 26.9. The summed E-state index contributed by atoms with van der Waals surface area (Å²) in [6, 6.07) is 4.95. The summed E-state index contributed by atoms with van der Waals surface area (Å²) in [6.07, 6.45) is 3.66. The number of rotatable bonds is 8. The first-order valence-electron chi connectivity index (χ1n) is 12.8. The highest BCUT2D eigenvalue weighted by Gasteiger charge is 2.54. The standard InChI is InChI=1S/C26H32FN3O6S2/c1-18(15-31)25-26(34)30(17-38(25)35-23(32)6-7-24(33)36-38)9-3-2-8-28-10-12-29(13-11-28)21-16-37-22-14-19(27)4-5-20(21)22/h4-7,14,16,18,25,31H,2-3,8-13,15,17H2,1H3. The fraction of sp³-hybridized carbons (Fsp3) is 0.500. The molecule has 4 heterocycles. The van der Waals surface area contributed by atoms with Gasteiger partial charge in [0.25, 0.3) is 0 Å². The number of unbranched alkanes of at least 4 members (excludes halogenated alkanes) is 1. The van der Waals surface area contributed by atoms with E-state index in [2.05, 4.69) is 15.2 Å². The molecule has 9 nitrogen and oxygen atoms in total. The molecule has 1 amide bonds. The third-order valence-corrected chi connectivity index (χ3v) is 11.2. The van der Waals surface area contributed by atoms with E-state index in [0.717, 1.165) is 73.5 Å². The second kappa shape index (κ2) is 11.2. The van der Waals surface area contributed by atoms with Crippen LogP contribution >= 0.6 is 21.9 Å². The van der Waals surface area contributed by atoms with Gasteiger partial charge in [0.2, 0.25) is 5.91 Å². The van der Waals surface area contributed by atoms with Crippen molar-refractivity contribution >= 4 is 55.5 Å². The molecule has 38 heavy (non-hydrogen) atoms. The summed E-state index contributed by atoms with van der Waals surface area (Å²) in [5.41, 5.74) is 1.16. The van der Waals surface area contributed by atoms with E-state index in [1.165, 1.54) is 6.07 Å². The number of carbonyl (C=O) groups is 3. The van der Waals surface area contributed by atoms with Gasteiger partial charge in [0, 0.05) is 72.9 Å². The van der Waals surface area contributed by atoms with Crippen molar-refractivity contribution < 1.29 is 32.2 Å². The van der Waals surface area contributed by atoms with E-state index in [1.54, 1.807) is 29.2 Å². The smallest absolute Gasteiger partial charge is 0.353 e. The van der Waals surface area contributed by atoms with Crippen LogP contribution in [-0.2, 0) is 22.7 Å². The zero-order valence-corrected chi connectivity index (χ0v) is 22.8. The summed E-state index contributed by atoms with van der Waals surface area (Å²) in [5.74, 6) is -2.36. The largest absolute Gasteiger partial charge is 0.396 e. The fourth-order valence-corrected chi connectivity index (χ4v) is 9.40. The Morgan fingerprint density at radius 1 is 1.08 bits per heavy atom. The van der Waals surface area contributed by atoms with Crippen LogP contribution in [0.25, 0.3) is 10.1 Å². The molecule has 3 aliphatic rings. The van der Waals surface area contributed by atoms with Gasteiger partial charge >= 0.3 is 11.9 Å². The van der Waals surface area contributed by atoms with Crippen molar-refractivity contribution in [3.05, 3.63) is 41.5 Å². The number of anilines is 1. The molecule has 206 valence electrons. The van der Waals surface area contributed by atoms with Gasteiger partial charge in [-0.3, -0.25) is 9.69 Å². The SMILES string of the molecule is CC(CO)C1C(=O)N(CCCCN2CCN(c3csc4cc(F)ccc34)CC2)CS12OC(=O)C=CC(=O)O2. The lowest BCUT2D eigenvalue weighted by Gasteiger charge is -2.41. The van der Waals surface area contributed by atoms with Crippen molar-refractivity contribution in [1.82, 2.24) is 9.80 Å². The van der Waals surface area contributed by atoms with Crippen LogP contribution in [0.5, 0.6) is 0 Å². The summed E-state index contributed by atoms with van der Waals surface area (Å²) < 4.78 is 25.6. The van der Waals surface area contributed by atoms with Gasteiger partial charge in [0.15, 0.2) is 5.25 Å². The summed E-state index contributed by atoms with van der Waals surface area (Å²) in [5, 5.41) is 12.1. The van der Waals surface area contributed by atoms with Crippen LogP contribution in [0, 0.1) is 11.7 Å². The van der Waals surface area contributed by atoms with E-state index in [-0.39, 0.29) is 24.2 Å². The number of halogens is 1. The molecule has 3 aliphatic heterocycles. The minimum absolute atomic E-state index is 0.0389. The third kappa shape index (κ3) is 5.40. The number of benzene rings is 1. The summed E-state index contributed by atoms with van der Waals surface area (Å²) in [7, 11) is -2.83.